The summed E-state index contributed by atoms with van der Waals surface area (Å²) in [5, 5.41) is 0. The van der Waals surface area contributed by atoms with Gasteiger partial charge in [0.2, 0.25) is 0 Å². The van der Waals surface area contributed by atoms with E-state index in [0.29, 0.717) is 25.2 Å². The van der Waals surface area contributed by atoms with Crippen molar-refractivity contribution in [2.24, 2.45) is 5.73 Å². The van der Waals surface area contributed by atoms with Gasteiger partial charge in [0.05, 0.1) is 5.69 Å². The Morgan fingerprint density at radius 1 is 1.29 bits per heavy atom. The summed E-state index contributed by atoms with van der Waals surface area (Å²) in [6.07, 6.45) is 3.75. The number of aromatic nitrogens is 1. The van der Waals surface area contributed by atoms with E-state index in [0.717, 1.165) is 0 Å². The molecule has 0 atom stereocenters. The van der Waals surface area contributed by atoms with Crippen molar-refractivity contribution in [1.29, 1.82) is 0 Å². The van der Waals surface area contributed by atoms with Crippen LogP contribution in [-0.2, 0) is 10.2 Å². The van der Waals surface area contributed by atoms with Gasteiger partial charge in [0, 0.05) is 33.0 Å². The highest BCUT2D eigenvalue weighted by molar-refractivity contribution is 7.90. The van der Waals surface area contributed by atoms with Crippen molar-refractivity contribution in [1.82, 2.24) is 9.29 Å². The number of rotatable bonds is 6. The van der Waals surface area contributed by atoms with Crippen LogP contribution in [0, 0.1) is 0 Å². The molecule has 0 radical (unpaired) electrons. The van der Waals surface area contributed by atoms with E-state index in [1.165, 1.54) is 15.7 Å². The summed E-state index contributed by atoms with van der Waals surface area (Å²) in [4.78, 5) is 3.85. The fraction of sp³-hybridized carbons (Fsp3) is 0.500. The molecule has 2 N–H and O–H groups in total. The lowest BCUT2D eigenvalue weighted by Gasteiger charge is -2.25. The van der Waals surface area contributed by atoms with Gasteiger partial charge in [0.25, 0.3) is 0 Å². The maximum Gasteiger partial charge on any atom is 0.303 e. The second-order valence-corrected chi connectivity index (χ2v) is 5.71. The van der Waals surface area contributed by atoms with Gasteiger partial charge >= 0.3 is 10.2 Å². The highest BCUT2D eigenvalue weighted by Crippen LogP contribution is 2.16. The minimum atomic E-state index is -3.48. The third-order valence-electron chi connectivity index (χ3n) is 2.44. The molecule has 17 heavy (non-hydrogen) atoms. The van der Waals surface area contributed by atoms with E-state index in [1.807, 2.05) is 0 Å². The molecule has 0 aliphatic carbocycles. The Labute approximate surface area is 102 Å². The molecule has 0 fully saturated rings. The van der Waals surface area contributed by atoms with E-state index in [1.54, 1.807) is 31.6 Å². The maximum absolute atomic E-state index is 12.1. The van der Waals surface area contributed by atoms with Crippen molar-refractivity contribution in [3.05, 3.63) is 24.5 Å². The van der Waals surface area contributed by atoms with Crippen molar-refractivity contribution >= 4 is 15.9 Å². The summed E-state index contributed by atoms with van der Waals surface area (Å²) in [6, 6.07) is 3.29. The second kappa shape index (κ2) is 5.95. The molecule has 0 saturated heterocycles. The predicted molar refractivity (Wildman–Crippen MR) is 67.9 cm³/mol. The molecule has 0 saturated carbocycles. The fourth-order valence-corrected chi connectivity index (χ4v) is 2.49. The van der Waals surface area contributed by atoms with E-state index in [4.69, 9.17) is 5.73 Å². The zero-order valence-corrected chi connectivity index (χ0v) is 10.9. The molecule has 7 heteroatoms. The van der Waals surface area contributed by atoms with Gasteiger partial charge in [-0.05, 0) is 25.1 Å². The summed E-state index contributed by atoms with van der Waals surface area (Å²) in [7, 11) is -0.419. The molecule has 0 unspecified atom stereocenters. The van der Waals surface area contributed by atoms with E-state index in [2.05, 4.69) is 4.98 Å². The van der Waals surface area contributed by atoms with Crippen molar-refractivity contribution < 1.29 is 8.42 Å². The maximum atomic E-state index is 12.1. The molecular weight excluding hydrogens is 240 g/mol. The summed E-state index contributed by atoms with van der Waals surface area (Å²) in [5.74, 6) is 0. The summed E-state index contributed by atoms with van der Waals surface area (Å²) in [6.45, 7) is 0.882. The SMILES string of the molecule is CN(CCCN)S(=O)(=O)N(C)c1ccncc1. The van der Waals surface area contributed by atoms with Crippen LogP contribution in [0.15, 0.2) is 24.5 Å². The van der Waals surface area contributed by atoms with Gasteiger partial charge in [-0.1, -0.05) is 0 Å². The normalized spacial score (nSPS) is 11.8. The van der Waals surface area contributed by atoms with Gasteiger partial charge in [-0.25, -0.2) is 0 Å². The van der Waals surface area contributed by atoms with Crippen LogP contribution in [0.1, 0.15) is 6.42 Å². The first-order valence-corrected chi connectivity index (χ1v) is 6.70. The van der Waals surface area contributed by atoms with Gasteiger partial charge in [-0.2, -0.15) is 12.7 Å². The van der Waals surface area contributed by atoms with E-state index >= 15 is 0 Å². The molecule has 1 aromatic heterocycles. The molecule has 0 bridgehead atoms. The quantitative estimate of drug-likeness (QED) is 0.781. The summed E-state index contributed by atoms with van der Waals surface area (Å²) >= 11 is 0. The molecule has 1 rings (SSSR count). The van der Waals surface area contributed by atoms with Crippen molar-refractivity contribution in [3.63, 3.8) is 0 Å². The first kappa shape index (κ1) is 13.9. The molecule has 0 spiro atoms. The van der Waals surface area contributed by atoms with Gasteiger partial charge in [0.15, 0.2) is 0 Å². The second-order valence-electron chi connectivity index (χ2n) is 3.64. The summed E-state index contributed by atoms with van der Waals surface area (Å²) < 4.78 is 26.8. The Morgan fingerprint density at radius 2 is 1.88 bits per heavy atom. The third kappa shape index (κ3) is 3.39. The average molecular weight is 258 g/mol. The molecular formula is C10H18N4O2S. The van der Waals surface area contributed by atoms with Gasteiger partial charge in [-0.3, -0.25) is 9.29 Å². The number of hydrogen-bond acceptors (Lipinski definition) is 4. The van der Waals surface area contributed by atoms with Gasteiger partial charge in [0.1, 0.15) is 0 Å². The minimum absolute atomic E-state index is 0.411. The topological polar surface area (TPSA) is 79.5 Å². The minimum Gasteiger partial charge on any atom is -0.330 e. The highest BCUT2D eigenvalue weighted by atomic mass is 32.2. The lowest BCUT2D eigenvalue weighted by atomic mass is 10.4. The highest BCUT2D eigenvalue weighted by Gasteiger charge is 2.23. The van der Waals surface area contributed by atoms with Crippen LogP contribution >= 0.6 is 0 Å². The molecule has 6 nitrogen and oxygen atoms in total. The van der Waals surface area contributed by atoms with Gasteiger partial charge in [-0.15, -0.1) is 0 Å². The Morgan fingerprint density at radius 3 is 2.41 bits per heavy atom. The number of hydrogen-bond donors (Lipinski definition) is 1. The number of nitrogens with two attached hydrogens (primary N) is 1. The number of pyridine rings is 1. The van der Waals surface area contributed by atoms with Crippen LogP contribution < -0.4 is 10.0 Å². The Kier molecular flexibility index (Phi) is 4.86. The zero-order valence-electron chi connectivity index (χ0n) is 10.1. The van der Waals surface area contributed by atoms with Crippen LogP contribution in [0.4, 0.5) is 5.69 Å². The monoisotopic (exact) mass is 258 g/mol. The molecule has 0 amide bonds. The predicted octanol–water partition coefficient (Wildman–Crippen LogP) is 0.0432. The molecule has 96 valence electrons. The lowest BCUT2D eigenvalue weighted by Crippen LogP contribution is -2.40. The van der Waals surface area contributed by atoms with Gasteiger partial charge < -0.3 is 5.73 Å². The third-order valence-corrected chi connectivity index (χ3v) is 4.32. The van der Waals surface area contributed by atoms with Crippen molar-refractivity contribution in [3.8, 4) is 0 Å². The molecule has 0 aromatic carbocycles. The smallest absolute Gasteiger partial charge is 0.303 e. The molecule has 1 aromatic rings. The van der Waals surface area contributed by atoms with Crippen LogP contribution in [0.3, 0.4) is 0 Å². The van der Waals surface area contributed by atoms with Crippen molar-refractivity contribution in [2.75, 3.05) is 31.5 Å². The molecule has 1 heterocycles. The van der Waals surface area contributed by atoms with Crippen molar-refractivity contribution in [2.45, 2.75) is 6.42 Å². The fourth-order valence-electron chi connectivity index (χ4n) is 1.33. The first-order valence-electron chi connectivity index (χ1n) is 5.30. The zero-order chi connectivity index (χ0) is 12.9. The van der Waals surface area contributed by atoms with E-state index in [9.17, 15) is 8.42 Å². The molecule has 0 aliphatic heterocycles. The largest absolute Gasteiger partial charge is 0.330 e. The van der Waals surface area contributed by atoms with Crippen LogP contribution in [-0.4, -0.2) is 44.9 Å². The lowest BCUT2D eigenvalue weighted by molar-refractivity contribution is 0.462. The van der Waals surface area contributed by atoms with E-state index in [-0.39, 0.29) is 0 Å². The molecule has 0 aliphatic rings. The average Bonchev–Trinajstić information content (AvgIpc) is 2.35. The standard InChI is InChI=1S/C10H18N4O2S/c1-13(9-3-6-11)17(15,16)14(2)10-4-7-12-8-5-10/h4-5,7-8H,3,6,9,11H2,1-2H3. The van der Waals surface area contributed by atoms with E-state index < -0.39 is 10.2 Å². The Balaban J connectivity index is 2.84. The van der Waals surface area contributed by atoms with Crippen LogP contribution in [0.25, 0.3) is 0 Å². The summed E-state index contributed by atoms with van der Waals surface area (Å²) in [5.41, 5.74) is 5.95. The Hall–Kier alpha value is -1.18. The number of anilines is 1. The Bertz CT molecular complexity index is 435. The van der Waals surface area contributed by atoms with Crippen LogP contribution in [0.5, 0.6) is 0 Å². The van der Waals surface area contributed by atoms with Crippen LogP contribution in [0.2, 0.25) is 0 Å². The first-order chi connectivity index (χ1) is 8.00. The number of nitrogens with zero attached hydrogens (tertiary/aromatic N) is 3.